The number of hydrogen-bond acceptors (Lipinski definition) is 3. The minimum absolute atomic E-state index is 0.261. The molecule has 4 heteroatoms. The van der Waals surface area contributed by atoms with Gasteiger partial charge in [0.1, 0.15) is 0 Å². The number of aromatic hydroxyl groups is 1. The number of aromatic nitrogens is 1. The number of aliphatic hydroxyl groups excluding tert-OH is 1. The van der Waals surface area contributed by atoms with Gasteiger partial charge >= 0.3 is 0 Å². The molecule has 0 fully saturated rings. The van der Waals surface area contributed by atoms with Gasteiger partial charge in [-0.15, -0.1) is 0 Å². The predicted molar refractivity (Wildman–Crippen MR) is 69.1 cm³/mol. The highest BCUT2D eigenvalue weighted by Crippen LogP contribution is 2.17. The fraction of sp³-hybridized carbons (Fsp3) is 0.214. The van der Waals surface area contributed by atoms with Gasteiger partial charge in [-0.25, -0.2) is 0 Å². The topological polar surface area (TPSA) is 62.5 Å². The Morgan fingerprint density at radius 1 is 1.17 bits per heavy atom. The van der Waals surface area contributed by atoms with Crippen LogP contribution in [0.2, 0.25) is 0 Å². The molecule has 94 valence electrons. The van der Waals surface area contributed by atoms with Crippen LogP contribution in [0.15, 0.2) is 35.3 Å². The number of benzene rings is 1. The van der Waals surface area contributed by atoms with Crippen LogP contribution in [0.3, 0.4) is 0 Å². The molecule has 2 N–H and O–H groups in total. The molecule has 18 heavy (non-hydrogen) atoms. The van der Waals surface area contributed by atoms with Gasteiger partial charge in [-0.3, -0.25) is 4.79 Å². The van der Waals surface area contributed by atoms with E-state index in [1.807, 2.05) is 32.0 Å². The molecule has 0 amide bonds. The first-order valence-corrected chi connectivity index (χ1v) is 5.66. The number of rotatable bonds is 2. The van der Waals surface area contributed by atoms with Gasteiger partial charge < -0.3 is 14.8 Å². The Bertz CT molecular complexity index is 644. The van der Waals surface area contributed by atoms with Crippen molar-refractivity contribution < 1.29 is 10.2 Å². The average Bonchev–Trinajstić information content (AvgIpc) is 2.35. The summed E-state index contributed by atoms with van der Waals surface area (Å²) in [6.07, 6.45) is 1.33. The summed E-state index contributed by atoms with van der Waals surface area (Å²) in [5.74, 6) is -0.328. The van der Waals surface area contributed by atoms with Gasteiger partial charge in [0.05, 0.1) is 18.5 Å². The molecule has 0 atom stereocenters. The summed E-state index contributed by atoms with van der Waals surface area (Å²) in [5.41, 5.74) is 3.03. The zero-order chi connectivity index (χ0) is 13.3. The van der Waals surface area contributed by atoms with Gasteiger partial charge in [0.2, 0.25) is 5.43 Å². The van der Waals surface area contributed by atoms with Gasteiger partial charge in [0, 0.05) is 11.8 Å². The maximum atomic E-state index is 11.3. The van der Waals surface area contributed by atoms with Gasteiger partial charge in [0.25, 0.3) is 0 Å². The van der Waals surface area contributed by atoms with Crippen molar-refractivity contribution in [2.24, 2.45) is 0 Å². The predicted octanol–water partition coefficient (Wildman–Crippen LogP) is 1.65. The van der Waals surface area contributed by atoms with Crippen molar-refractivity contribution in [3.8, 4) is 11.4 Å². The Kier molecular flexibility index (Phi) is 3.21. The van der Waals surface area contributed by atoms with Crippen LogP contribution in [0.1, 0.15) is 16.8 Å². The van der Waals surface area contributed by atoms with Crippen LogP contribution in [0.4, 0.5) is 0 Å². The first-order valence-electron chi connectivity index (χ1n) is 5.66. The van der Waals surface area contributed by atoms with E-state index < -0.39 is 5.43 Å². The van der Waals surface area contributed by atoms with E-state index >= 15 is 0 Å². The number of aliphatic hydroxyl groups is 1. The molecular weight excluding hydrogens is 230 g/mol. The van der Waals surface area contributed by atoms with Crippen LogP contribution < -0.4 is 5.43 Å². The van der Waals surface area contributed by atoms with Crippen LogP contribution in [-0.4, -0.2) is 14.8 Å². The van der Waals surface area contributed by atoms with Crippen LogP contribution >= 0.6 is 0 Å². The van der Waals surface area contributed by atoms with E-state index in [-0.39, 0.29) is 12.4 Å². The summed E-state index contributed by atoms with van der Waals surface area (Å²) in [6, 6.07) is 7.02. The van der Waals surface area contributed by atoms with Gasteiger partial charge in [-0.1, -0.05) is 6.07 Å². The summed E-state index contributed by atoms with van der Waals surface area (Å²) in [6.45, 7) is 3.73. The SMILES string of the molecule is Cc1ccc(-n2cc(O)c(=O)cc2CO)cc1C. The highest BCUT2D eigenvalue weighted by molar-refractivity contribution is 5.42. The maximum absolute atomic E-state index is 11.3. The first kappa shape index (κ1) is 12.4. The first-order chi connectivity index (χ1) is 8.52. The van der Waals surface area contributed by atoms with Crippen LogP contribution in [0, 0.1) is 13.8 Å². The number of hydrogen-bond donors (Lipinski definition) is 2. The molecule has 1 heterocycles. The lowest BCUT2D eigenvalue weighted by Gasteiger charge is -2.13. The Balaban J connectivity index is 2.66. The van der Waals surface area contributed by atoms with Crippen molar-refractivity contribution in [1.29, 1.82) is 0 Å². The Morgan fingerprint density at radius 3 is 2.50 bits per heavy atom. The molecule has 0 spiro atoms. The second kappa shape index (κ2) is 4.66. The van der Waals surface area contributed by atoms with E-state index in [4.69, 9.17) is 0 Å². The Hall–Kier alpha value is -2.07. The summed E-state index contributed by atoms with van der Waals surface area (Å²) in [5, 5.41) is 18.8. The quantitative estimate of drug-likeness (QED) is 0.845. The fourth-order valence-electron chi connectivity index (χ4n) is 1.80. The lowest BCUT2D eigenvalue weighted by atomic mass is 10.1. The number of pyridine rings is 1. The van der Waals surface area contributed by atoms with Crippen molar-refractivity contribution in [3.05, 3.63) is 57.5 Å². The highest BCUT2D eigenvalue weighted by atomic mass is 16.3. The highest BCUT2D eigenvalue weighted by Gasteiger charge is 2.07. The second-order valence-electron chi connectivity index (χ2n) is 4.31. The lowest BCUT2D eigenvalue weighted by molar-refractivity contribution is 0.273. The molecule has 1 aromatic carbocycles. The number of aryl methyl sites for hydroxylation is 2. The molecule has 0 aliphatic heterocycles. The molecule has 0 saturated heterocycles. The largest absolute Gasteiger partial charge is 0.503 e. The third-order valence-corrected chi connectivity index (χ3v) is 3.04. The minimum atomic E-state index is -0.487. The third-order valence-electron chi connectivity index (χ3n) is 3.04. The van der Waals surface area contributed by atoms with Gasteiger partial charge in [0.15, 0.2) is 5.75 Å². The molecular formula is C14H15NO3. The Labute approximate surface area is 105 Å². The maximum Gasteiger partial charge on any atom is 0.223 e. The molecule has 4 nitrogen and oxygen atoms in total. The van der Waals surface area contributed by atoms with E-state index in [2.05, 4.69) is 0 Å². The van der Waals surface area contributed by atoms with Crippen molar-refractivity contribution >= 4 is 0 Å². The fourth-order valence-corrected chi connectivity index (χ4v) is 1.80. The standard InChI is InChI=1S/C14H15NO3/c1-9-3-4-11(5-10(9)2)15-7-14(18)13(17)6-12(15)8-16/h3-7,16,18H,8H2,1-2H3. The second-order valence-corrected chi connectivity index (χ2v) is 4.31. The average molecular weight is 245 g/mol. The van der Waals surface area contributed by atoms with Gasteiger partial charge in [-0.2, -0.15) is 0 Å². The summed E-state index contributed by atoms with van der Waals surface area (Å²) in [7, 11) is 0. The molecule has 1 aromatic heterocycles. The summed E-state index contributed by atoms with van der Waals surface area (Å²) in [4.78, 5) is 11.3. The monoisotopic (exact) mass is 245 g/mol. The molecule has 2 aromatic rings. The zero-order valence-electron chi connectivity index (χ0n) is 10.3. The van der Waals surface area contributed by atoms with Crippen LogP contribution in [0.25, 0.3) is 5.69 Å². The summed E-state index contributed by atoms with van der Waals surface area (Å²) < 4.78 is 1.61. The minimum Gasteiger partial charge on any atom is -0.503 e. The molecule has 0 unspecified atom stereocenters. The van der Waals surface area contributed by atoms with Crippen molar-refractivity contribution in [3.63, 3.8) is 0 Å². The van der Waals surface area contributed by atoms with E-state index in [1.165, 1.54) is 12.3 Å². The lowest BCUT2D eigenvalue weighted by Crippen LogP contribution is -2.11. The van der Waals surface area contributed by atoms with Gasteiger partial charge in [-0.05, 0) is 37.1 Å². The molecule has 0 radical (unpaired) electrons. The smallest absolute Gasteiger partial charge is 0.223 e. The normalized spacial score (nSPS) is 10.6. The van der Waals surface area contributed by atoms with E-state index in [9.17, 15) is 15.0 Å². The summed E-state index contributed by atoms with van der Waals surface area (Å²) >= 11 is 0. The zero-order valence-corrected chi connectivity index (χ0v) is 10.3. The number of nitrogens with zero attached hydrogens (tertiary/aromatic N) is 1. The van der Waals surface area contributed by atoms with Crippen LogP contribution in [-0.2, 0) is 6.61 Å². The van der Waals surface area contributed by atoms with E-state index in [0.29, 0.717) is 5.69 Å². The molecule has 0 bridgehead atoms. The van der Waals surface area contributed by atoms with Crippen molar-refractivity contribution in [2.75, 3.05) is 0 Å². The molecule has 0 aliphatic carbocycles. The molecule has 2 rings (SSSR count). The molecule has 0 saturated carbocycles. The van der Waals surface area contributed by atoms with E-state index in [1.54, 1.807) is 4.57 Å². The van der Waals surface area contributed by atoms with Crippen molar-refractivity contribution in [2.45, 2.75) is 20.5 Å². The van der Waals surface area contributed by atoms with Crippen LogP contribution in [0.5, 0.6) is 5.75 Å². The van der Waals surface area contributed by atoms with E-state index in [0.717, 1.165) is 16.8 Å². The third kappa shape index (κ3) is 2.15. The Morgan fingerprint density at radius 2 is 1.89 bits per heavy atom. The molecule has 0 aliphatic rings. The van der Waals surface area contributed by atoms with Crippen molar-refractivity contribution in [1.82, 2.24) is 4.57 Å².